The molecule has 1 heterocycles. The van der Waals surface area contributed by atoms with E-state index in [0.29, 0.717) is 0 Å². The number of ether oxygens (including phenoxy) is 1. The summed E-state index contributed by atoms with van der Waals surface area (Å²) in [5.74, 6) is 1.67. The summed E-state index contributed by atoms with van der Waals surface area (Å²) in [5, 5.41) is 3.28. The quantitative estimate of drug-likeness (QED) is 0.887. The molecule has 2 aromatic rings. The van der Waals surface area contributed by atoms with Gasteiger partial charge >= 0.3 is 0 Å². The summed E-state index contributed by atoms with van der Waals surface area (Å²) in [4.78, 5) is 4.22. The van der Waals surface area contributed by atoms with Crippen LogP contribution in [0, 0.1) is 13.8 Å². The summed E-state index contributed by atoms with van der Waals surface area (Å²) in [5.41, 5.74) is 3.45. The largest absolute Gasteiger partial charge is 0.455 e. The summed E-state index contributed by atoms with van der Waals surface area (Å²) in [6.07, 6.45) is 3.61. The predicted octanol–water partition coefficient (Wildman–Crippen LogP) is 3.60. The first-order valence-electron chi connectivity index (χ1n) is 6.59. The first kappa shape index (κ1) is 13.6. The van der Waals surface area contributed by atoms with Crippen molar-refractivity contribution >= 4 is 0 Å². The minimum absolute atomic E-state index is 0.782. The average molecular weight is 256 g/mol. The van der Waals surface area contributed by atoms with Gasteiger partial charge in [-0.25, -0.2) is 0 Å². The molecule has 0 aliphatic heterocycles. The molecular weight excluding hydrogens is 236 g/mol. The van der Waals surface area contributed by atoms with E-state index in [1.807, 2.05) is 25.3 Å². The molecule has 0 spiro atoms. The van der Waals surface area contributed by atoms with Crippen LogP contribution in [-0.4, -0.2) is 11.5 Å². The molecular formula is C16H20N2O. The van der Waals surface area contributed by atoms with Crippen LogP contribution in [0.2, 0.25) is 0 Å². The van der Waals surface area contributed by atoms with E-state index in [4.69, 9.17) is 4.74 Å². The van der Waals surface area contributed by atoms with E-state index in [-0.39, 0.29) is 0 Å². The van der Waals surface area contributed by atoms with Crippen molar-refractivity contribution in [2.45, 2.75) is 27.3 Å². The molecule has 0 amide bonds. The van der Waals surface area contributed by atoms with Gasteiger partial charge in [0, 0.05) is 12.7 Å². The van der Waals surface area contributed by atoms with Crippen molar-refractivity contribution in [2.75, 3.05) is 6.54 Å². The first-order chi connectivity index (χ1) is 9.19. The van der Waals surface area contributed by atoms with Crippen molar-refractivity contribution in [3.05, 3.63) is 53.3 Å². The van der Waals surface area contributed by atoms with Gasteiger partial charge in [-0.15, -0.1) is 0 Å². The van der Waals surface area contributed by atoms with Crippen LogP contribution in [0.25, 0.3) is 0 Å². The van der Waals surface area contributed by atoms with Crippen molar-refractivity contribution in [2.24, 2.45) is 0 Å². The zero-order valence-electron chi connectivity index (χ0n) is 11.7. The Morgan fingerprint density at radius 1 is 1.16 bits per heavy atom. The lowest BCUT2D eigenvalue weighted by Gasteiger charge is -2.10. The topological polar surface area (TPSA) is 34.2 Å². The highest BCUT2D eigenvalue weighted by molar-refractivity contribution is 5.39. The second kappa shape index (κ2) is 6.34. The lowest BCUT2D eigenvalue weighted by Crippen LogP contribution is -2.11. The number of benzene rings is 1. The Balaban J connectivity index is 2.16. The summed E-state index contributed by atoms with van der Waals surface area (Å²) in [6, 6.07) is 8.23. The Labute approximate surface area is 114 Å². The summed E-state index contributed by atoms with van der Waals surface area (Å²) in [6.45, 7) is 7.95. The molecule has 0 radical (unpaired) electrons. The molecule has 100 valence electrons. The Kier molecular flexibility index (Phi) is 4.53. The second-order valence-electron chi connectivity index (χ2n) is 4.68. The highest BCUT2D eigenvalue weighted by Crippen LogP contribution is 2.25. The van der Waals surface area contributed by atoms with Gasteiger partial charge in [0.2, 0.25) is 0 Å². The smallest absolute Gasteiger partial charge is 0.146 e. The summed E-state index contributed by atoms with van der Waals surface area (Å²) < 4.78 is 5.92. The first-order valence-corrected chi connectivity index (χ1v) is 6.59. The van der Waals surface area contributed by atoms with Crippen LogP contribution >= 0.6 is 0 Å². The fraction of sp³-hybridized carbons (Fsp3) is 0.312. The third kappa shape index (κ3) is 3.80. The van der Waals surface area contributed by atoms with Crippen molar-refractivity contribution in [1.82, 2.24) is 10.3 Å². The van der Waals surface area contributed by atoms with E-state index >= 15 is 0 Å². The van der Waals surface area contributed by atoms with Crippen LogP contribution in [0.4, 0.5) is 0 Å². The van der Waals surface area contributed by atoms with Crippen LogP contribution in [0.15, 0.2) is 36.7 Å². The summed E-state index contributed by atoms with van der Waals surface area (Å²) >= 11 is 0. The van der Waals surface area contributed by atoms with E-state index < -0.39 is 0 Å². The molecule has 0 saturated carbocycles. The van der Waals surface area contributed by atoms with Gasteiger partial charge < -0.3 is 10.1 Å². The van der Waals surface area contributed by atoms with Crippen LogP contribution in [0.3, 0.4) is 0 Å². The molecule has 3 nitrogen and oxygen atoms in total. The Hall–Kier alpha value is -1.87. The monoisotopic (exact) mass is 256 g/mol. The minimum atomic E-state index is 0.782. The van der Waals surface area contributed by atoms with Gasteiger partial charge in [0.1, 0.15) is 11.5 Å². The molecule has 0 bridgehead atoms. The number of aryl methyl sites for hydroxylation is 2. The number of pyridine rings is 1. The molecule has 3 heteroatoms. The minimum Gasteiger partial charge on any atom is -0.455 e. The summed E-state index contributed by atoms with van der Waals surface area (Å²) in [7, 11) is 0. The van der Waals surface area contributed by atoms with Gasteiger partial charge in [-0.3, -0.25) is 4.98 Å². The zero-order valence-corrected chi connectivity index (χ0v) is 11.7. The maximum atomic E-state index is 5.92. The van der Waals surface area contributed by atoms with Crippen molar-refractivity contribution in [1.29, 1.82) is 0 Å². The van der Waals surface area contributed by atoms with Crippen molar-refractivity contribution in [3.8, 4) is 11.5 Å². The standard InChI is InChI=1S/C16H20N2O/c1-4-17-9-14-8-15(11-18-10-14)19-16-7-12(2)5-6-13(16)3/h5-8,10-11,17H,4,9H2,1-3H3. The highest BCUT2D eigenvalue weighted by Gasteiger charge is 2.03. The van der Waals surface area contributed by atoms with E-state index in [1.54, 1.807) is 6.20 Å². The number of nitrogens with zero attached hydrogens (tertiary/aromatic N) is 1. The molecule has 1 N–H and O–H groups in total. The molecule has 0 atom stereocenters. The van der Waals surface area contributed by atoms with E-state index in [2.05, 4.69) is 36.3 Å². The zero-order chi connectivity index (χ0) is 13.7. The Morgan fingerprint density at radius 2 is 2.00 bits per heavy atom. The predicted molar refractivity (Wildman–Crippen MR) is 77.6 cm³/mol. The lowest BCUT2D eigenvalue weighted by molar-refractivity contribution is 0.475. The van der Waals surface area contributed by atoms with Crippen molar-refractivity contribution < 1.29 is 4.74 Å². The third-order valence-electron chi connectivity index (χ3n) is 2.92. The lowest BCUT2D eigenvalue weighted by atomic mass is 10.1. The molecule has 0 aliphatic carbocycles. The Bertz CT molecular complexity index is 552. The van der Waals surface area contributed by atoms with Gasteiger partial charge in [-0.05, 0) is 49.2 Å². The normalized spacial score (nSPS) is 10.5. The fourth-order valence-electron chi connectivity index (χ4n) is 1.83. The van der Waals surface area contributed by atoms with E-state index in [9.17, 15) is 0 Å². The maximum absolute atomic E-state index is 5.92. The van der Waals surface area contributed by atoms with Gasteiger partial charge in [0.25, 0.3) is 0 Å². The van der Waals surface area contributed by atoms with Gasteiger partial charge in [-0.2, -0.15) is 0 Å². The molecule has 0 aliphatic rings. The van der Waals surface area contributed by atoms with Gasteiger partial charge in [0.05, 0.1) is 6.20 Å². The maximum Gasteiger partial charge on any atom is 0.146 e. The molecule has 0 saturated heterocycles. The van der Waals surface area contributed by atoms with Crippen LogP contribution in [0.5, 0.6) is 11.5 Å². The molecule has 0 fully saturated rings. The van der Waals surface area contributed by atoms with Crippen LogP contribution in [0.1, 0.15) is 23.6 Å². The number of hydrogen-bond acceptors (Lipinski definition) is 3. The molecule has 1 aromatic heterocycles. The van der Waals surface area contributed by atoms with E-state index in [1.165, 1.54) is 5.56 Å². The van der Waals surface area contributed by atoms with Gasteiger partial charge in [-0.1, -0.05) is 19.1 Å². The fourth-order valence-corrected chi connectivity index (χ4v) is 1.83. The number of nitrogens with one attached hydrogen (secondary N) is 1. The van der Waals surface area contributed by atoms with Crippen LogP contribution in [-0.2, 0) is 6.54 Å². The van der Waals surface area contributed by atoms with Crippen molar-refractivity contribution in [3.63, 3.8) is 0 Å². The van der Waals surface area contributed by atoms with Gasteiger partial charge in [0.15, 0.2) is 0 Å². The number of aromatic nitrogens is 1. The molecule has 0 unspecified atom stereocenters. The number of rotatable bonds is 5. The molecule has 19 heavy (non-hydrogen) atoms. The van der Waals surface area contributed by atoms with Crippen LogP contribution < -0.4 is 10.1 Å². The SMILES string of the molecule is CCNCc1cncc(Oc2cc(C)ccc2C)c1. The Morgan fingerprint density at radius 3 is 2.79 bits per heavy atom. The second-order valence-corrected chi connectivity index (χ2v) is 4.68. The van der Waals surface area contributed by atoms with E-state index in [0.717, 1.165) is 35.7 Å². The number of hydrogen-bond donors (Lipinski definition) is 1. The molecule has 2 rings (SSSR count). The molecule has 1 aromatic carbocycles. The average Bonchev–Trinajstić information content (AvgIpc) is 2.41. The third-order valence-corrected chi connectivity index (χ3v) is 2.92. The highest BCUT2D eigenvalue weighted by atomic mass is 16.5.